The molecule has 1 saturated heterocycles. The van der Waals surface area contributed by atoms with Gasteiger partial charge in [0.2, 0.25) is 0 Å². The molecule has 0 spiro atoms. The minimum Gasteiger partial charge on any atom is -0.378 e. The van der Waals surface area contributed by atoms with Gasteiger partial charge >= 0.3 is 0 Å². The molecule has 1 heterocycles. The van der Waals surface area contributed by atoms with Crippen molar-refractivity contribution in [3.8, 4) is 0 Å². The molecule has 0 aromatic carbocycles. The van der Waals surface area contributed by atoms with Gasteiger partial charge in [-0.05, 0) is 31.3 Å². The number of allylic oxidation sites excluding steroid dienone is 3. The quantitative estimate of drug-likeness (QED) is 0.598. The van der Waals surface area contributed by atoms with Crippen molar-refractivity contribution in [2.45, 2.75) is 64.7 Å². The van der Waals surface area contributed by atoms with Crippen molar-refractivity contribution in [2.75, 3.05) is 26.3 Å². The normalized spacial score (nSPS) is 21.6. The highest BCUT2D eigenvalue weighted by atomic mass is 16.5. The molecule has 0 radical (unpaired) electrons. The number of unbranched alkanes of at least 4 members (excludes halogenated alkanes) is 6. The highest BCUT2D eigenvalue weighted by Crippen LogP contribution is 2.29. The van der Waals surface area contributed by atoms with Crippen molar-refractivity contribution in [1.82, 2.24) is 4.90 Å². The summed E-state index contributed by atoms with van der Waals surface area (Å²) in [6.07, 6.45) is 17.1. The minimum absolute atomic E-state index is 0.891. The molecule has 20 heavy (non-hydrogen) atoms. The number of hydrogen-bond donors (Lipinski definition) is 0. The Morgan fingerprint density at radius 1 is 1.10 bits per heavy atom. The van der Waals surface area contributed by atoms with E-state index in [1.807, 2.05) is 0 Å². The molecule has 2 aliphatic rings. The van der Waals surface area contributed by atoms with Crippen LogP contribution in [0.3, 0.4) is 0 Å². The molecule has 2 rings (SSSR count). The summed E-state index contributed by atoms with van der Waals surface area (Å²) < 4.78 is 5.45. The van der Waals surface area contributed by atoms with E-state index in [-0.39, 0.29) is 0 Å². The van der Waals surface area contributed by atoms with Crippen molar-refractivity contribution in [2.24, 2.45) is 0 Å². The Morgan fingerprint density at radius 2 is 1.85 bits per heavy atom. The van der Waals surface area contributed by atoms with Gasteiger partial charge in [-0.1, -0.05) is 51.2 Å². The van der Waals surface area contributed by atoms with Crippen LogP contribution in [0.2, 0.25) is 0 Å². The predicted molar refractivity (Wildman–Crippen MR) is 85.8 cm³/mol. The van der Waals surface area contributed by atoms with E-state index in [1.54, 1.807) is 5.57 Å². The summed E-state index contributed by atoms with van der Waals surface area (Å²) in [6, 6.07) is 0. The third-order valence-electron chi connectivity index (χ3n) is 4.38. The van der Waals surface area contributed by atoms with Gasteiger partial charge < -0.3 is 9.64 Å². The zero-order valence-electron chi connectivity index (χ0n) is 13.2. The monoisotopic (exact) mass is 277 g/mol. The van der Waals surface area contributed by atoms with Crippen LogP contribution in [0.25, 0.3) is 0 Å². The van der Waals surface area contributed by atoms with Crippen LogP contribution in [0.4, 0.5) is 0 Å². The van der Waals surface area contributed by atoms with Gasteiger partial charge in [0.1, 0.15) is 0 Å². The molecule has 0 aromatic rings. The number of rotatable bonds is 8. The molecule has 1 fully saturated rings. The fraction of sp³-hybridized carbons (Fsp3) is 0.778. The summed E-state index contributed by atoms with van der Waals surface area (Å²) in [5.41, 5.74) is 3.11. The molecule has 114 valence electrons. The predicted octanol–water partition coefficient (Wildman–Crippen LogP) is 4.67. The van der Waals surface area contributed by atoms with Crippen molar-refractivity contribution in [3.05, 3.63) is 23.4 Å². The lowest BCUT2D eigenvalue weighted by Crippen LogP contribution is -2.35. The highest BCUT2D eigenvalue weighted by molar-refractivity contribution is 5.35. The van der Waals surface area contributed by atoms with E-state index in [9.17, 15) is 0 Å². The first-order chi connectivity index (χ1) is 9.92. The second-order valence-corrected chi connectivity index (χ2v) is 6.01. The third kappa shape index (κ3) is 4.97. The number of ether oxygens (including phenoxy) is 1. The Kier molecular flexibility index (Phi) is 7.21. The fourth-order valence-electron chi connectivity index (χ4n) is 3.17. The lowest BCUT2D eigenvalue weighted by Gasteiger charge is -2.30. The second-order valence-electron chi connectivity index (χ2n) is 6.01. The molecular formula is C18H31NO. The average molecular weight is 277 g/mol. The Balaban J connectivity index is 1.68. The molecule has 2 nitrogen and oxygen atoms in total. The van der Waals surface area contributed by atoms with Crippen LogP contribution in [0.1, 0.15) is 64.7 Å². The largest absolute Gasteiger partial charge is 0.378 e. The summed E-state index contributed by atoms with van der Waals surface area (Å²) in [7, 11) is 0. The van der Waals surface area contributed by atoms with E-state index in [2.05, 4.69) is 24.0 Å². The van der Waals surface area contributed by atoms with E-state index in [0.717, 1.165) is 26.3 Å². The van der Waals surface area contributed by atoms with Gasteiger partial charge in [0.25, 0.3) is 0 Å². The standard InChI is InChI=1S/C18H31NO/c1-2-3-4-5-6-7-8-10-17-11-9-12-18(17)19-13-15-20-16-14-19/h10,12H,2-9,11,13-16H2,1H3/b17-10-. The van der Waals surface area contributed by atoms with Crippen LogP contribution in [-0.4, -0.2) is 31.2 Å². The van der Waals surface area contributed by atoms with Gasteiger partial charge in [-0.2, -0.15) is 0 Å². The van der Waals surface area contributed by atoms with E-state index in [0.29, 0.717) is 0 Å². The molecule has 0 N–H and O–H groups in total. The molecule has 1 aliphatic heterocycles. The van der Waals surface area contributed by atoms with E-state index >= 15 is 0 Å². The molecule has 0 aromatic heterocycles. The molecule has 0 amide bonds. The van der Waals surface area contributed by atoms with Crippen LogP contribution in [0, 0.1) is 0 Å². The minimum atomic E-state index is 0.891. The zero-order valence-corrected chi connectivity index (χ0v) is 13.2. The van der Waals surface area contributed by atoms with E-state index in [1.165, 1.54) is 63.5 Å². The maximum absolute atomic E-state index is 5.45. The van der Waals surface area contributed by atoms with Crippen LogP contribution < -0.4 is 0 Å². The Morgan fingerprint density at radius 3 is 2.65 bits per heavy atom. The van der Waals surface area contributed by atoms with Crippen LogP contribution in [0.15, 0.2) is 23.4 Å². The van der Waals surface area contributed by atoms with Crippen molar-refractivity contribution >= 4 is 0 Å². The van der Waals surface area contributed by atoms with Gasteiger partial charge in [0.15, 0.2) is 0 Å². The molecular weight excluding hydrogens is 246 g/mol. The molecule has 2 heteroatoms. The Hall–Kier alpha value is -0.760. The SMILES string of the molecule is CCCCCCCC/C=C1/CCC=C1N1CCOCC1. The van der Waals surface area contributed by atoms with Crippen LogP contribution in [0.5, 0.6) is 0 Å². The van der Waals surface area contributed by atoms with Crippen LogP contribution >= 0.6 is 0 Å². The van der Waals surface area contributed by atoms with Crippen molar-refractivity contribution < 1.29 is 4.74 Å². The van der Waals surface area contributed by atoms with Crippen LogP contribution in [-0.2, 0) is 4.74 Å². The van der Waals surface area contributed by atoms with Gasteiger partial charge in [-0.3, -0.25) is 0 Å². The van der Waals surface area contributed by atoms with Gasteiger partial charge in [-0.15, -0.1) is 0 Å². The fourth-order valence-corrected chi connectivity index (χ4v) is 3.17. The topological polar surface area (TPSA) is 12.5 Å². The zero-order chi connectivity index (χ0) is 14.0. The molecule has 0 atom stereocenters. The van der Waals surface area contributed by atoms with E-state index in [4.69, 9.17) is 4.74 Å². The number of morpholine rings is 1. The number of hydrogen-bond acceptors (Lipinski definition) is 2. The summed E-state index contributed by atoms with van der Waals surface area (Å²) in [6.45, 7) is 6.20. The smallest absolute Gasteiger partial charge is 0.0642 e. The number of nitrogens with zero attached hydrogens (tertiary/aromatic N) is 1. The first kappa shape index (κ1) is 15.6. The van der Waals surface area contributed by atoms with Crippen molar-refractivity contribution in [1.29, 1.82) is 0 Å². The third-order valence-corrected chi connectivity index (χ3v) is 4.38. The summed E-state index contributed by atoms with van der Waals surface area (Å²) in [5.74, 6) is 0. The maximum Gasteiger partial charge on any atom is 0.0642 e. The van der Waals surface area contributed by atoms with Gasteiger partial charge in [0, 0.05) is 18.8 Å². The summed E-state index contributed by atoms with van der Waals surface area (Å²) >= 11 is 0. The first-order valence-corrected chi connectivity index (χ1v) is 8.64. The highest BCUT2D eigenvalue weighted by Gasteiger charge is 2.19. The lowest BCUT2D eigenvalue weighted by molar-refractivity contribution is 0.0549. The molecule has 0 saturated carbocycles. The average Bonchev–Trinajstić information content (AvgIpc) is 2.96. The first-order valence-electron chi connectivity index (χ1n) is 8.64. The second kappa shape index (κ2) is 9.23. The van der Waals surface area contributed by atoms with Crippen molar-refractivity contribution in [3.63, 3.8) is 0 Å². The summed E-state index contributed by atoms with van der Waals surface area (Å²) in [5, 5.41) is 0. The molecule has 0 bridgehead atoms. The molecule has 0 unspecified atom stereocenters. The van der Waals surface area contributed by atoms with Gasteiger partial charge in [0.05, 0.1) is 13.2 Å². The summed E-state index contributed by atoms with van der Waals surface area (Å²) in [4.78, 5) is 2.52. The lowest BCUT2D eigenvalue weighted by atomic mass is 10.1. The maximum atomic E-state index is 5.45. The molecule has 1 aliphatic carbocycles. The van der Waals surface area contributed by atoms with E-state index < -0.39 is 0 Å². The van der Waals surface area contributed by atoms with Gasteiger partial charge in [-0.25, -0.2) is 0 Å². The Bertz CT molecular complexity index is 326. The Labute approximate surface area is 124 Å².